The number of methoxy groups -OCH3 is 1. The third kappa shape index (κ3) is 3.81. The molecule has 3 N–H and O–H groups in total. The number of rotatable bonds is 4. The summed E-state index contributed by atoms with van der Waals surface area (Å²) in [5, 5.41) is 7.27. The van der Waals surface area contributed by atoms with Gasteiger partial charge in [-0.3, -0.25) is 0 Å². The molecule has 0 atom stereocenters. The van der Waals surface area contributed by atoms with Gasteiger partial charge >= 0.3 is 0 Å². The van der Waals surface area contributed by atoms with Crippen LogP contribution in [-0.4, -0.2) is 18.7 Å². The van der Waals surface area contributed by atoms with E-state index in [1.54, 1.807) is 14.0 Å². The third-order valence-corrected chi connectivity index (χ3v) is 1.79. The number of nitrogens with zero attached hydrogens (tertiary/aromatic N) is 1. The smallest absolute Gasteiger partial charge is 0.119 e. The molecule has 0 spiro atoms. The van der Waals surface area contributed by atoms with Crippen molar-refractivity contribution in [3.63, 3.8) is 0 Å². The van der Waals surface area contributed by atoms with E-state index in [2.05, 4.69) is 4.99 Å². The van der Waals surface area contributed by atoms with Crippen LogP contribution in [0.1, 0.15) is 13.3 Å². The molecule has 80 valence electrons. The van der Waals surface area contributed by atoms with E-state index in [9.17, 15) is 0 Å². The van der Waals surface area contributed by atoms with Gasteiger partial charge in [-0.05, 0) is 31.2 Å². The van der Waals surface area contributed by atoms with E-state index in [0.29, 0.717) is 18.0 Å². The molecule has 1 aromatic rings. The molecular weight excluding hydrogens is 190 g/mol. The van der Waals surface area contributed by atoms with Gasteiger partial charge in [0, 0.05) is 12.1 Å². The van der Waals surface area contributed by atoms with Crippen molar-refractivity contribution in [1.82, 2.24) is 0 Å². The first-order valence-electron chi connectivity index (χ1n) is 4.63. The van der Waals surface area contributed by atoms with Crippen molar-refractivity contribution < 1.29 is 4.74 Å². The number of ether oxygens (including phenoxy) is 1. The highest BCUT2D eigenvalue weighted by atomic mass is 16.5. The van der Waals surface area contributed by atoms with Crippen molar-refractivity contribution in [2.24, 2.45) is 10.7 Å². The Labute approximate surface area is 89.3 Å². The molecule has 0 aromatic heterocycles. The number of hydrogen-bond acceptors (Lipinski definition) is 3. The largest absolute Gasteiger partial charge is 0.497 e. The van der Waals surface area contributed by atoms with Gasteiger partial charge in [-0.15, -0.1) is 0 Å². The van der Waals surface area contributed by atoms with Crippen molar-refractivity contribution in [3.05, 3.63) is 24.3 Å². The zero-order valence-corrected chi connectivity index (χ0v) is 8.95. The summed E-state index contributed by atoms with van der Waals surface area (Å²) in [6.07, 6.45) is 0.409. The first kappa shape index (κ1) is 11.2. The second kappa shape index (κ2) is 5.14. The summed E-state index contributed by atoms with van der Waals surface area (Å²) in [7, 11) is 1.62. The third-order valence-electron chi connectivity index (χ3n) is 1.79. The Hall–Kier alpha value is -1.84. The molecular formula is C11H15N3O. The molecule has 0 heterocycles. The highest BCUT2D eigenvalue weighted by Crippen LogP contribution is 2.17. The number of nitrogens with one attached hydrogen (secondary N) is 1. The van der Waals surface area contributed by atoms with Gasteiger partial charge in [0.25, 0.3) is 0 Å². The van der Waals surface area contributed by atoms with Crippen LogP contribution in [0, 0.1) is 5.41 Å². The number of hydrogen-bond donors (Lipinski definition) is 2. The normalized spacial score (nSPS) is 11.2. The molecule has 0 amide bonds. The van der Waals surface area contributed by atoms with Gasteiger partial charge in [-0.2, -0.15) is 0 Å². The molecule has 0 saturated carbocycles. The van der Waals surface area contributed by atoms with Crippen LogP contribution in [0.3, 0.4) is 0 Å². The highest BCUT2D eigenvalue weighted by molar-refractivity contribution is 6.01. The molecule has 4 nitrogen and oxygen atoms in total. The maximum absolute atomic E-state index is 7.27. The SMILES string of the molecule is COc1ccc(N=C(N)CC(C)=N)cc1. The van der Waals surface area contributed by atoms with Gasteiger partial charge in [0.1, 0.15) is 11.6 Å². The van der Waals surface area contributed by atoms with E-state index in [1.807, 2.05) is 24.3 Å². The second-order valence-corrected chi connectivity index (χ2v) is 3.26. The molecule has 0 bridgehead atoms. The van der Waals surface area contributed by atoms with Crippen molar-refractivity contribution in [1.29, 1.82) is 5.41 Å². The van der Waals surface area contributed by atoms with Crippen LogP contribution in [0.4, 0.5) is 5.69 Å². The average molecular weight is 205 g/mol. The predicted octanol–water partition coefficient (Wildman–Crippen LogP) is 2.11. The molecule has 0 unspecified atom stereocenters. The summed E-state index contributed by atoms with van der Waals surface area (Å²) in [5.41, 5.74) is 6.93. The summed E-state index contributed by atoms with van der Waals surface area (Å²) in [5.74, 6) is 1.24. The fraction of sp³-hybridized carbons (Fsp3) is 0.273. The van der Waals surface area contributed by atoms with Gasteiger partial charge in [-0.1, -0.05) is 0 Å². The quantitative estimate of drug-likeness (QED) is 0.583. The average Bonchev–Trinajstić information content (AvgIpc) is 2.17. The summed E-state index contributed by atoms with van der Waals surface area (Å²) in [4.78, 5) is 4.17. The summed E-state index contributed by atoms with van der Waals surface area (Å²) >= 11 is 0. The Morgan fingerprint density at radius 1 is 1.40 bits per heavy atom. The van der Waals surface area contributed by atoms with E-state index in [-0.39, 0.29) is 0 Å². The van der Waals surface area contributed by atoms with Gasteiger partial charge in [0.15, 0.2) is 0 Å². The maximum Gasteiger partial charge on any atom is 0.119 e. The molecule has 0 saturated heterocycles. The van der Waals surface area contributed by atoms with E-state index in [1.165, 1.54) is 0 Å². The number of benzene rings is 1. The fourth-order valence-corrected chi connectivity index (χ4v) is 1.13. The molecule has 1 aromatic carbocycles. The van der Waals surface area contributed by atoms with E-state index < -0.39 is 0 Å². The lowest BCUT2D eigenvalue weighted by Gasteiger charge is -2.01. The second-order valence-electron chi connectivity index (χ2n) is 3.26. The summed E-state index contributed by atoms with van der Waals surface area (Å²) in [6, 6.07) is 7.29. The molecule has 1 rings (SSSR count). The topological polar surface area (TPSA) is 71.5 Å². The zero-order valence-electron chi connectivity index (χ0n) is 8.95. The minimum atomic E-state index is 0.409. The van der Waals surface area contributed by atoms with Crippen LogP contribution < -0.4 is 10.5 Å². The number of nitrogens with two attached hydrogens (primary N) is 1. The first-order chi connectivity index (χ1) is 7.11. The van der Waals surface area contributed by atoms with E-state index in [0.717, 1.165) is 11.4 Å². The Balaban J connectivity index is 2.75. The monoisotopic (exact) mass is 205 g/mol. The lowest BCUT2D eigenvalue weighted by molar-refractivity contribution is 0.415. The molecule has 0 aliphatic rings. The van der Waals surface area contributed by atoms with E-state index in [4.69, 9.17) is 15.9 Å². The predicted molar refractivity (Wildman–Crippen MR) is 62.3 cm³/mol. The summed E-state index contributed by atoms with van der Waals surface area (Å²) in [6.45, 7) is 1.70. The minimum Gasteiger partial charge on any atom is -0.497 e. The molecule has 15 heavy (non-hydrogen) atoms. The van der Waals surface area contributed by atoms with E-state index >= 15 is 0 Å². The van der Waals surface area contributed by atoms with Crippen molar-refractivity contribution in [2.75, 3.05) is 7.11 Å². The summed E-state index contributed by atoms with van der Waals surface area (Å²) < 4.78 is 5.02. The zero-order chi connectivity index (χ0) is 11.3. The molecule has 4 heteroatoms. The lowest BCUT2D eigenvalue weighted by atomic mass is 10.2. The Morgan fingerprint density at radius 2 is 2.00 bits per heavy atom. The van der Waals surface area contributed by atoms with Crippen LogP contribution in [0.2, 0.25) is 0 Å². The van der Waals surface area contributed by atoms with Crippen molar-refractivity contribution in [3.8, 4) is 5.75 Å². The Morgan fingerprint density at radius 3 is 2.47 bits per heavy atom. The first-order valence-corrected chi connectivity index (χ1v) is 4.63. The van der Waals surface area contributed by atoms with Crippen molar-refractivity contribution in [2.45, 2.75) is 13.3 Å². The van der Waals surface area contributed by atoms with Gasteiger partial charge in [0.2, 0.25) is 0 Å². The standard InChI is InChI=1S/C11H15N3O/c1-8(12)7-11(13)14-9-3-5-10(15-2)6-4-9/h3-6,12H,7H2,1-2H3,(H2,13,14). The fourth-order valence-electron chi connectivity index (χ4n) is 1.13. The highest BCUT2D eigenvalue weighted by Gasteiger charge is 1.96. The molecule has 0 fully saturated rings. The van der Waals surface area contributed by atoms with Gasteiger partial charge in [0.05, 0.1) is 12.8 Å². The van der Waals surface area contributed by atoms with Gasteiger partial charge in [-0.25, -0.2) is 4.99 Å². The molecule has 0 aliphatic carbocycles. The Bertz CT molecular complexity index is 368. The Kier molecular flexibility index (Phi) is 3.85. The lowest BCUT2D eigenvalue weighted by Crippen LogP contribution is -2.14. The number of aliphatic imine (C=N–C) groups is 1. The van der Waals surface area contributed by atoms with Crippen molar-refractivity contribution >= 4 is 17.2 Å². The minimum absolute atomic E-state index is 0.409. The number of amidine groups is 1. The maximum atomic E-state index is 7.27. The van der Waals surface area contributed by atoms with Gasteiger partial charge < -0.3 is 15.9 Å². The molecule has 0 radical (unpaired) electrons. The van der Waals surface area contributed by atoms with Crippen LogP contribution in [0.15, 0.2) is 29.3 Å². The molecule has 0 aliphatic heterocycles. The van der Waals surface area contributed by atoms with Crippen LogP contribution in [0.5, 0.6) is 5.75 Å². The van der Waals surface area contributed by atoms with Crippen LogP contribution >= 0.6 is 0 Å². The van der Waals surface area contributed by atoms with Crippen LogP contribution in [-0.2, 0) is 0 Å². The van der Waals surface area contributed by atoms with Crippen LogP contribution in [0.25, 0.3) is 0 Å².